The van der Waals surface area contributed by atoms with Gasteiger partial charge < -0.3 is 10.1 Å². The summed E-state index contributed by atoms with van der Waals surface area (Å²) in [6, 6.07) is 13.5. The van der Waals surface area contributed by atoms with Gasteiger partial charge in [0.2, 0.25) is 0 Å². The van der Waals surface area contributed by atoms with E-state index in [1.165, 1.54) is 27.6 Å². The van der Waals surface area contributed by atoms with Gasteiger partial charge >= 0.3 is 5.69 Å². The van der Waals surface area contributed by atoms with Crippen LogP contribution in [0.2, 0.25) is 0 Å². The third-order valence-electron chi connectivity index (χ3n) is 6.19. The van der Waals surface area contributed by atoms with Crippen molar-refractivity contribution in [3.63, 3.8) is 0 Å². The summed E-state index contributed by atoms with van der Waals surface area (Å²) >= 11 is 1.32. The van der Waals surface area contributed by atoms with Crippen LogP contribution in [0.15, 0.2) is 58.1 Å². The van der Waals surface area contributed by atoms with Crippen LogP contribution in [-0.4, -0.2) is 29.3 Å². The zero-order valence-electron chi connectivity index (χ0n) is 18.9. The van der Waals surface area contributed by atoms with Gasteiger partial charge in [0.1, 0.15) is 4.70 Å². The van der Waals surface area contributed by atoms with Crippen LogP contribution in [-0.2, 0) is 6.54 Å². The third-order valence-corrected chi connectivity index (χ3v) is 7.35. The van der Waals surface area contributed by atoms with Crippen LogP contribution >= 0.6 is 23.7 Å². The minimum Gasteiger partial charge on any atom is -0.491 e. The number of halogens is 3. The van der Waals surface area contributed by atoms with E-state index < -0.39 is 23.1 Å². The van der Waals surface area contributed by atoms with Crippen molar-refractivity contribution < 1.29 is 13.5 Å². The Morgan fingerprint density at radius 3 is 2.34 bits per heavy atom. The second-order valence-electron chi connectivity index (χ2n) is 8.31. The molecule has 1 aliphatic rings. The normalized spacial score (nSPS) is 14.1. The highest BCUT2D eigenvalue weighted by Crippen LogP contribution is 2.32. The molecule has 2 aromatic heterocycles. The summed E-state index contributed by atoms with van der Waals surface area (Å²) in [5.74, 6) is -2.16. The molecule has 1 N–H and O–H groups in total. The van der Waals surface area contributed by atoms with Crippen LogP contribution < -0.4 is 21.3 Å². The lowest BCUT2D eigenvalue weighted by Crippen LogP contribution is -2.45. The first kappa shape index (κ1) is 25.1. The minimum absolute atomic E-state index is 0. The van der Waals surface area contributed by atoms with E-state index >= 15 is 0 Å². The molecule has 10 heteroatoms. The molecule has 1 aliphatic heterocycles. The molecule has 0 bridgehead atoms. The fraction of sp³-hybridized carbons (Fsp3) is 0.280. The highest BCUT2D eigenvalue weighted by molar-refractivity contribution is 7.22. The van der Waals surface area contributed by atoms with Gasteiger partial charge in [0.15, 0.2) is 17.4 Å². The van der Waals surface area contributed by atoms with Gasteiger partial charge in [-0.15, -0.1) is 23.7 Å². The van der Waals surface area contributed by atoms with Gasteiger partial charge in [0.25, 0.3) is 5.56 Å². The van der Waals surface area contributed by atoms with Crippen LogP contribution in [0.4, 0.5) is 8.78 Å². The Morgan fingerprint density at radius 1 is 1.06 bits per heavy atom. The molecule has 0 spiro atoms. The molecule has 2 aromatic carbocycles. The predicted molar refractivity (Wildman–Crippen MR) is 136 cm³/mol. The fourth-order valence-electron chi connectivity index (χ4n) is 4.53. The molecule has 5 rings (SSSR count). The van der Waals surface area contributed by atoms with Gasteiger partial charge in [-0.2, -0.15) is 0 Å². The number of rotatable bonds is 5. The Labute approximate surface area is 210 Å². The minimum atomic E-state index is -0.844. The zero-order valence-corrected chi connectivity index (χ0v) is 20.6. The van der Waals surface area contributed by atoms with Crippen molar-refractivity contribution in [3.8, 4) is 16.2 Å². The molecule has 1 fully saturated rings. The summed E-state index contributed by atoms with van der Waals surface area (Å²) in [7, 11) is 1.20. The average Bonchev–Trinajstić information content (AvgIpc) is 3.29. The summed E-state index contributed by atoms with van der Waals surface area (Å²) in [5, 5.41) is 3.25. The summed E-state index contributed by atoms with van der Waals surface area (Å²) in [6.45, 7) is 1.34. The van der Waals surface area contributed by atoms with E-state index in [9.17, 15) is 18.4 Å². The molecule has 0 amide bonds. The largest absolute Gasteiger partial charge is 0.491 e. The monoisotopic (exact) mass is 519 g/mol. The van der Waals surface area contributed by atoms with Gasteiger partial charge in [-0.3, -0.25) is 13.9 Å². The van der Waals surface area contributed by atoms with Crippen molar-refractivity contribution in [1.29, 1.82) is 0 Å². The first-order valence-corrected chi connectivity index (χ1v) is 11.9. The lowest BCUT2D eigenvalue weighted by molar-refractivity contribution is 0.346. The van der Waals surface area contributed by atoms with E-state index in [1.807, 2.05) is 30.3 Å². The van der Waals surface area contributed by atoms with Crippen LogP contribution in [0.5, 0.6) is 5.75 Å². The van der Waals surface area contributed by atoms with E-state index in [0.29, 0.717) is 36.1 Å². The molecule has 6 nitrogen and oxygen atoms in total. The Balaban J connectivity index is 0.00000289. The van der Waals surface area contributed by atoms with Gasteiger partial charge in [0, 0.05) is 10.9 Å². The Hall–Kier alpha value is -3.01. The predicted octanol–water partition coefficient (Wildman–Crippen LogP) is 4.57. The number of benzene rings is 2. The molecule has 0 saturated carbocycles. The van der Waals surface area contributed by atoms with E-state index in [1.54, 1.807) is 6.07 Å². The smallest absolute Gasteiger partial charge is 0.332 e. The van der Waals surface area contributed by atoms with Crippen molar-refractivity contribution >= 4 is 34.0 Å². The summed E-state index contributed by atoms with van der Waals surface area (Å²) in [5.41, 5.74) is 0.862. The molecule has 0 atom stereocenters. The molecule has 4 aromatic rings. The third kappa shape index (κ3) is 4.63. The second-order valence-corrected chi connectivity index (χ2v) is 9.36. The number of piperidine rings is 1. The number of ether oxygens (including phenoxy) is 1. The molecule has 0 aliphatic carbocycles. The standard InChI is InChI=1S/C25H23F2N3O3S.ClH/c1-33-22-18(26)11-15(12-19(22)27)14-29-20-13-21(16-5-3-2-4-6-16)34-23(20)24(31)30(25(29)32)17-7-9-28-10-8-17;/h2-6,11-13,17,28H,7-10,14H2,1H3;1H. The quantitative estimate of drug-likeness (QED) is 0.419. The molecule has 3 heterocycles. The average molecular weight is 520 g/mol. The molecular formula is C25H24ClF2N3O3S. The maximum Gasteiger partial charge on any atom is 0.332 e. The maximum atomic E-state index is 14.4. The SMILES string of the molecule is COc1c(F)cc(Cn2c(=O)n(C3CCNCC3)c(=O)c3sc(-c4ccccc4)cc32)cc1F.Cl. The number of aromatic nitrogens is 2. The molecule has 184 valence electrons. The first-order chi connectivity index (χ1) is 16.5. The van der Waals surface area contributed by atoms with Gasteiger partial charge in [-0.1, -0.05) is 30.3 Å². The summed E-state index contributed by atoms with van der Waals surface area (Å²) in [4.78, 5) is 28.0. The number of nitrogens with zero attached hydrogens (tertiary/aromatic N) is 2. The number of fused-ring (bicyclic) bond motifs is 1. The number of thiophene rings is 1. The van der Waals surface area contributed by atoms with Crippen molar-refractivity contribution in [2.75, 3.05) is 20.2 Å². The maximum absolute atomic E-state index is 14.4. The van der Waals surface area contributed by atoms with Crippen molar-refractivity contribution in [2.45, 2.75) is 25.4 Å². The molecule has 0 unspecified atom stereocenters. The van der Waals surface area contributed by atoms with Crippen LogP contribution in [0.25, 0.3) is 20.7 Å². The summed E-state index contributed by atoms with van der Waals surface area (Å²) < 4.78 is 36.7. The van der Waals surface area contributed by atoms with Crippen molar-refractivity contribution in [1.82, 2.24) is 14.5 Å². The van der Waals surface area contributed by atoms with E-state index in [2.05, 4.69) is 5.32 Å². The number of hydrogen-bond acceptors (Lipinski definition) is 5. The van der Waals surface area contributed by atoms with Crippen LogP contribution in [0, 0.1) is 11.6 Å². The summed E-state index contributed by atoms with van der Waals surface area (Å²) in [6.07, 6.45) is 1.31. The first-order valence-electron chi connectivity index (χ1n) is 11.0. The Kier molecular flexibility index (Phi) is 7.39. The molecular weight excluding hydrogens is 496 g/mol. The second kappa shape index (κ2) is 10.3. The lowest BCUT2D eigenvalue weighted by Gasteiger charge is -2.25. The number of nitrogens with one attached hydrogen (secondary N) is 1. The van der Waals surface area contributed by atoms with Crippen molar-refractivity contribution in [2.24, 2.45) is 0 Å². The lowest BCUT2D eigenvalue weighted by atomic mass is 10.1. The van der Waals surface area contributed by atoms with E-state index in [0.717, 1.165) is 22.6 Å². The highest BCUT2D eigenvalue weighted by atomic mass is 35.5. The molecule has 35 heavy (non-hydrogen) atoms. The Morgan fingerprint density at radius 2 is 1.71 bits per heavy atom. The Bertz CT molecular complexity index is 1450. The topological polar surface area (TPSA) is 65.3 Å². The zero-order chi connectivity index (χ0) is 23.8. The van der Waals surface area contributed by atoms with Crippen molar-refractivity contribution in [3.05, 3.63) is 86.6 Å². The number of methoxy groups -OCH3 is 1. The van der Waals surface area contributed by atoms with Crippen LogP contribution in [0.1, 0.15) is 24.4 Å². The van der Waals surface area contributed by atoms with Gasteiger partial charge in [-0.05, 0) is 55.3 Å². The van der Waals surface area contributed by atoms with Gasteiger partial charge in [0.05, 0.1) is 19.2 Å². The van der Waals surface area contributed by atoms with Gasteiger partial charge in [-0.25, -0.2) is 13.6 Å². The van der Waals surface area contributed by atoms with Crippen LogP contribution in [0.3, 0.4) is 0 Å². The molecule has 0 radical (unpaired) electrons. The molecule has 1 saturated heterocycles. The fourth-order valence-corrected chi connectivity index (χ4v) is 5.63. The highest BCUT2D eigenvalue weighted by Gasteiger charge is 2.24. The number of hydrogen-bond donors (Lipinski definition) is 1. The van der Waals surface area contributed by atoms with E-state index in [-0.39, 0.29) is 36.1 Å². The van der Waals surface area contributed by atoms with E-state index in [4.69, 9.17) is 4.74 Å².